The molecule has 0 amide bonds. The minimum absolute atomic E-state index is 0.756. The number of hydrogen-bond donors (Lipinski definition) is 0. The van der Waals surface area contributed by atoms with Gasteiger partial charge < -0.3 is 4.90 Å². The summed E-state index contributed by atoms with van der Waals surface area (Å²) in [6.07, 6.45) is 0. The number of nitrogens with zero attached hydrogens (tertiary/aromatic N) is 2. The van der Waals surface area contributed by atoms with E-state index in [1.165, 1.54) is 21.6 Å². The van der Waals surface area contributed by atoms with Crippen LogP contribution in [0, 0.1) is 0 Å². The minimum Gasteiger partial charge on any atom is -0.363 e. The molecule has 6 heteroatoms. The largest absolute Gasteiger partial charge is 0.363 e. The summed E-state index contributed by atoms with van der Waals surface area (Å²) in [4.78, 5) is 3.97. The highest BCUT2D eigenvalue weighted by Crippen LogP contribution is 2.34. The zero-order valence-electron chi connectivity index (χ0n) is 12.3. The van der Waals surface area contributed by atoms with Crippen LogP contribution in [0.2, 0.25) is 0 Å². The molecule has 0 unspecified atom stereocenters. The molecule has 0 aliphatic carbocycles. The van der Waals surface area contributed by atoms with Crippen molar-refractivity contribution in [2.75, 3.05) is 19.0 Å². The SMILES string of the molecule is CN(C)C(=S)SSC(=S)N(c1ccccc1)c1ccccc1. The summed E-state index contributed by atoms with van der Waals surface area (Å²) in [6.45, 7) is 0. The van der Waals surface area contributed by atoms with E-state index in [2.05, 4.69) is 29.2 Å². The standard InChI is InChI=1S/C16H16N2S4/c1-17(2)15(19)21-22-16(20)18(13-9-5-3-6-10-13)14-11-7-4-8-12-14/h3-12H,1-2H3. The Bertz CT molecular complexity index is 590. The van der Waals surface area contributed by atoms with E-state index >= 15 is 0 Å². The van der Waals surface area contributed by atoms with Gasteiger partial charge in [-0.15, -0.1) is 0 Å². The average molecular weight is 365 g/mol. The van der Waals surface area contributed by atoms with Crippen molar-refractivity contribution < 1.29 is 0 Å². The third-order valence-corrected chi connectivity index (χ3v) is 6.55. The third-order valence-electron chi connectivity index (χ3n) is 2.76. The van der Waals surface area contributed by atoms with Gasteiger partial charge in [0.05, 0.1) is 0 Å². The van der Waals surface area contributed by atoms with Gasteiger partial charge in [-0.25, -0.2) is 0 Å². The Hall–Kier alpha value is -1.08. The van der Waals surface area contributed by atoms with Crippen molar-refractivity contribution in [1.29, 1.82) is 0 Å². The molecule has 0 aliphatic rings. The number of rotatable bonds is 2. The molecule has 2 nitrogen and oxygen atoms in total. The first-order valence-corrected chi connectivity index (χ1v) is 9.56. The molecule has 114 valence electrons. The Morgan fingerprint density at radius 2 is 1.14 bits per heavy atom. The van der Waals surface area contributed by atoms with Gasteiger partial charge in [0, 0.05) is 25.5 Å². The van der Waals surface area contributed by atoms with E-state index in [1.54, 1.807) is 0 Å². The van der Waals surface area contributed by atoms with Gasteiger partial charge >= 0.3 is 0 Å². The molecule has 2 aromatic rings. The van der Waals surface area contributed by atoms with E-state index in [-0.39, 0.29) is 0 Å². The zero-order valence-corrected chi connectivity index (χ0v) is 15.6. The van der Waals surface area contributed by atoms with Crippen LogP contribution >= 0.6 is 46.0 Å². The van der Waals surface area contributed by atoms with Crippen molar-refractivity contribution in [2.24, 2.45) is 0 Å². The molecule has 0 radical (unpaired) electrons. The van der Waals surface area contributed by atoms with Gasteiger partial charge in [-0.2, -0.15) is 0 Å². The Balaban J connectivity index is 2.22. The van der Waals surface area contributed by atoms with Gasteiger partial charge in [0.15, 0.2) is 4.32 Å². The molecule has 0 atom stereocenters. The summed E-state index contributed by atoms with van der Waals surface area (Å²) in [5.41, 5.74) is 2.09. The highest BCUT2D eigenvalue weighted by Gasteiger charge is 2.16. The first kappa shape index (κ1) is 17.3. The molecule has 0 saturated carbocycles. The predicted octanol–water partition coefficient (Wildman–Crippen LogP) is 5.34. The Kier molecular flexibility index (Phi) is 6.70. The Labute approximate surface area is 150 Å². The third kappa shape index (κ3) is 4.71. The maximum Gasteiger partial charge on any atom is 0.156 e. The van der Waals surface area contributed by atoms with Gasteiger partial charge in [0.1, 0.15) is 4.32 Å². The van der Waals surface area contributed by atoms with Crippen LogP contribution in [0.3, 0.4) is 0 Å². The van der Waals surface area contributed by atoms with Gasteiger partial charge in [-0.3, -0.25) is 4.90 Å². The average Bonchev–Trinajstić information content (AvgIpc) is 2.54. The summed E-state index contributed by atoms with van der Waals surface area (Å²) in [5.74, 6) is 0. The van der Waals surface area contributed by atoms with E-state index in [0.717, 1.165) is 20.0 Å². The molecule has 0 fully saturated rings. The maximum absolute atomic E-state index is 5.63. The van der Waals surface area contributed by atoms with E-state index < -0.39 is 0 Å². The van der Waals surface area contributed by atoms with E-state index in [0.29, 0.717) is 0 Å². The summed E-state index contributed by atoms with van der Waals surface area (Å²) in [6, 6.07) is 20.2. The number of anilines is 2. The normalized spacial score (nSPS) is 10.1. The van der Waals surface area contributed by atoms with E-state index in [1.807, 2.05) is 55.4 Å². The second-order valence-corrected chi connectivity index (χ2v) is 8.00. The van der Waals surface area contributed by atoms with Crippen LogP contribution in [0.4, 0.5) is 11.4 Å². The fourth-order valence-electron chi connectivity index (χ4n) is 1.70. The lowest BCUT2D eigenvalue weighted by molar-refractivity contribution is 0.648. The highest BCUT2D eigenvalue weighted by atomic mass is 33.1. The molecule has 2 rings (SSSR count). The lowest BCUT2D eigenvalue weighted by Gasteiger charge is -2.25. The van der Waals surface area contributed by atoms with Gasteiger partial charge in [0.2, 0.25) is 0 Å². The molecule has 0 bridgehead atoms. The molecule has 0 saturated heterocycles. The smallest absolute Gasteiger partial charge is 0.156 e. The summed E-state index contributed by atoms with van der Waals surface area (Å²) in [5, 5.41) is 0. The van der Waals surface area contributed by atoms with Crippen molar-refractivity contribution in [3.8, 4) is 0 Å². The van der Waals surface area contributed by atoms with Crippen LogP contribution in [-0.2, 0) is 0 Å². The lowest BCUT2D eigenvalue weighted by Crippen LogP contribution is -2.21. The fraction of sp³-hybridized carbons (Fsp3) is 0.125. The predicted molar refractivity (Wildman–Crippen MR) is 109 cm³/mol. The maximum atomic E-state index is 5.63. The fourth-order valence-corrected chi connectivity index (χ4v) is 4.20. The number of hydrogen-bond acceptors (Lipinski definition) is 4. The topological polar surface area (TPSA) is 6.48 Å². The van der Waals surface area contributed by atoms with Gasteiger partial charge in [-0.1, -0.05) is 60.8 Å². The van der Waals surface area contributed by atoms with Gasteiger partial charge in [-0.05, 0) is 45.9 Å². The molecule has 0 aromatic heterocycles. The Morgan fingerprint density at radius 1 is 0.727 bits per heavy atom. The number of para-hydroxylation sites is 2. The lowest BCUT2D eigenvalue weighted by atomic mass is 10.2. The summed E-state index contributed by atoms with van der Waals surface area (Å²) in [7, 11) is 6.87. The van der Waals surface area contributed by atoms with E-state index in [4.69, 9.17) is 24.4 Å². The molecule has 0 heterocycles. The first-order chi connectivity index (χ1) is 10.6. The monoisotopic (exact) mass is 364 g/mol. The van der Waals surface area contributed by atoms with Crippen LogP contribution in [0.15, 0.2) is 60.7 Å². The van der Waals surface area contributed by atoms with Crippen molar-refractivity contribution in [1.82, 2.24) is 4.90 Å². The van der Waals surface area contributed by atoms with Crippen molar-refractivity contribution in [3.63, 3.8) is 0 Å². The van der Waals surface area contributed by atoms with E-state index in [9.17, 15) is 0 Å². The van der Waals surface area contributed by atoms with Crippen LogP contribution in [-0.4, -0.2) is 27.6 Å². The molecule has 22 heavy (non-hydrogen) atoms. The zero-order chi connectivity index (χ0) is 15.9. The summed E-state index contributed by atoms with van der Waals surface area (Å²) < 4.78 is 1.56. The van der Waals surface area contributed by atoms with Crippen molar-refractivity contribution in [2.45, 2.75) is 0 Å². The molecule has 0 N–H and O–H groups in total. The van der Waals surface area contributed by atoms with Crippen LogP contribution in [0.1, 0.15) is 0 Å². The Morgan fingerprint density at radius 3 is 1.55 bits per heavy atom. The van der Waals surface area contributed by atoms with Crippen molar-refractivity contribution >= 4 is 66.0 Å². The summed E-state index contributed by atoms with van der Waals surface area (Å²) >= 11 is 10.9. The second-order valence-electron chi connectivity index (χ2n) is 4.60. The van der Waals surface area contributed by atoms with Crippen molar-refractivity contribution in [3.05, 3.63) is 60.7 Å². The second kappa shape index (κ2) is 8.53. The van der Waals surface area contributed by atoms with Crippen LogP contribution < -0.4 is 4.90 Å². The molecule has 0 aliphatic heterocycles. The molecular weight excluding hydrogens is 348 g/mol. The van der Waals surface area contributed by atoms with Crippen LogP contribution in [0.5, 0.6) is 0 Å². The number of thiocarbonyl (C=S) groups is 2. The van der Waals surface area contributed by atoms with Crippen LogP contribution in [0.25, 0.3) is 0 Å². The molecule has 0 spiro atoms. The first-order valence-electron chi connectivity index (χ1n) is 6.59. The number of benzene rings is 2. The molecular formula is C16H16N2S4. The minimum atomic E-state index is 0.756. The highest BCUT2D eigenvalue weighted by molar-refractivity contribution is 8.89. The quantitative estimate of drug-likeness (QED) is 0.520. The van der Waals surface area contributed by atoms with Gasteiger partial charge in [0.25, 0.3) is 0 Å². The molecule has 2 aromatic carbocycles.